The molecule has 8 heteroatoms. The Morgan fingerprint density at radius 1 is 1.30 bits per heavy atom. The Balaban J connectivity index is 1.79. The molecule has 27 heavy (non-hydrogen) atoms. The van der Waals surface area contributed by atoms with Crippen LogP contribution in [0, 0.1) is 5.41 Å². The Labute approximate surface area is 155 Å². The molecule has 2 aromatic rings. The van der Waals surface area contributed by atoms with Crippen molar-refractivity contribution in [3.05, 3.63) is 34.1 Å². The molecular weight excluding hydrogens is 351 g/mol. The summed E-state index contributed by atoms with van der Waals surface area (Å²) in [7, 11) is 3.41. The first-order valence-corrected chi connectivity index (χ1v) is 9.05. The zero-order chi connectivity index (χ0) is 19.3. The van der Waals surface area contributed by atoms with Crippen molar-refractivity contribution < 1.29 is 14.4 Å². The van der Waals surface area contributed by atoms with E-state index in [4.69, 9.17) is 5.11 Å². The van der Waals surface area contributed by atoms with Crippen molar-refractivity contribution in [3.8, 4) is 0 Å². The van der Waals surface area contributed by atoms with Gasteiger partial charge < -0.3 is 19.9 Å². The molecule has 7 nitrogen and oxygen atoms in total. The summed E-state index contributed by atoms with van der Waals surface area (Å²) in [5.74, 6) is -1.30. The molecular formula is C19H23FN4O3. The van der Waals surface area contributed by atoms with Gasteiger partial charge in [-0.15, -0.1) is 4.48 Å². The maximum Gasteiger partial charge on any atom is 0.341 e. The van der Waals surface area contributed by atoms with E-state index in [9.17, 15) is 14.1 Å². The molecule has 0 bridgehead atoms. The summed E-state index contributed by atoms with van der Waals surface area (Å²) in [5, 5.41) is 9.82. The van der Waals surface area contributed by atoms with Crippen LogP contribution in [0.2, 0.25) is 0 Å². The zero-order valence-corrected chi connectivity index (χ0v) is 15.5. The zero-order valence-electron chi connectivity index (χ0n) is 15.5. The van der Waals surface area contributed by atoms with Gasteiger partial charge in [0.2, 0.25) is 5.43 Å². The van der Waals surface area contributed by atoms with Crippen molar-refractivity contribution in [3.63, 3.8) is 0 Å². The van der Waals surface area contributed by atoms with Gasteiger partial charge in [-0.2, -0.15) is 0 Å². The monoisotopic (exact) mass is 374 g/mol. The summed E-state index contributed by atoms with van der Waals surface area (Å²) in [6.45, 7) is 3.79. The molecule has 1 aromatic carbocycles. The number of rotatable bonds is 3. The molecule has 1 atom stereocenters. The van der Waals surface area contributed by atoms with Crippen molar-refractivity contribution in [2.45, 2.75) is 12.8 Å². The molecule has 0 radical (unpaired) electrons. The normalized spacial score (nSPS) is 22.9. The second-order valence-corrected chi connectivity index (χ2v) is 7.86. The molecule has 1 unspecified atom stereocenters. The van der Waals surface area contributed by atoms with Gasteiger partial charge in [-0.3, -0.25) is 4.79 Å². The molecule has 3 heterocycles. The summed E-state index contributed by atoms with van der Waals surface area (Å²) in [4.78, 5) is 31.1. The number of nitrogens with one attached hydrogen (secondary N) is 1. The van der Waals surface area contributed by atoms with Gasteiger partial charge in [-0.05, 0) is 38.6 Å². The van der Waals surface area contributed by atoms with Crippen LogP contribution in [0.5, 0.6) is 0 Å². The van der Waals surface area contributed by atoms with E-state index < -0.39 is 11.4 Å². The van der Waals surface area contributed by atoms with Crippen molar-refractivity contribution in [2.24, 2.45) is 5.41 Å². The quantitative estimate of drug-likeness (QED) is 0.801. The van der Waals surface area contributed by atoms with Crippen molar-refractivity contribution in [1.82, 2.24) is 9.88 Å². The first-order chi connectivity index (χ1) is 12.8. The number of carbonyl (C=O) groups is 1. The Morgan fingerprint density at radius 2 is 2.04 bits per heavy atom. The number of hydrogen-bond acceptors (Lipinski definition) is 5. The number of pyridine rings is 1. The predicted octanol–water partition coefficient (Wildman–Crippen LogP) is 2.08. The minimum atomic E-state index is -1.30. The van der Waals surface area contributed by atoms with Crippen LogP contribution in [-0.4, -0.2) is 61.2 Å². The van der Waals surface area contributed by atoms with Crippen LogP contribution in [0.15, 0.2) is 23.1 Å². The first kappa shape index (κ1) is 17.8. The van der Waals surface area contributed by atoms with Crippen LogP contribution in [-0.2, 0) is 0 Å². The number of aromatic carboxylic acids is 1. The van der Waals surface area contributed by atoms with Gasteiger partial charge in [-0.25, -0.2) is 9.92 Å². The van der Waals surface area contributed by atoms with Crippen molar-refractivity contribution in [2.75, 3.05) is 50.3 Å². The number of anilines is 2. The lowest BCUT2D eigenvalue weighted by atomic mass is 9.86. The van der Waals surface area contributed by atoms with Crippen LogP contribution >= 0.6 is 0 Å². The second kappa shape index (κ2) is 6.23. The maximum absolute atomic E-state index is 14.3. The van der Waals surface area contributed by atoms with E-state index in [0.29, 0.717) is 10.6 Å². The number of aromatic nitrogens is 1. The van der Waals surface area contributed by atoms with E-state index in [-0.39, 0.29) is 22.1 Å². The van der Waals surface area contributed by atoms with Crippen LogP contribution in [0.1, 0.15) is 23.2 Å². The summed E-state index contributed by atoms with van der Waals surface area (Å²) >= 11 is 0. The average molecular weight is 374 g/mol. The standard InChI is InChI=1S/C19H23FN4O3/c1-22-5-3-19(10-22)4-6-24(11-19)16-8-14-12(7-15(16)23(2)20)17(25)13(9-21-14)18(26)27/h7-9H,3-6,10-11H2,1-2H3,(H,21,25)(H,26,27). The fraction of sp³-hybridized carbons (Fsp3) is 0.474. The topological polar surface area (TPSA) is 79.9 Å². The van der Waals surface area contributed by atoms with Gasteiger partial charge in [0, 0.05) is 43.7 Å². The van der Waals surface area contributed by atoms with E-state index in [1.165, 1.54) is 19.3 Å². The molecule has 0 amide bonds. The molecule has 4 rings (SSSR count). The fourth-order valence-corrected chi connectivity index (χ4v) is 4.54. The fourth-order valence-electron chi connectivity index (χ4n) is 4.54. The van der Waals surface area contributed by atoms with Gasteiger partial charge in [0.25, 0.3) is 0 Å². The molecule has 2 saturated heterocycles. The van der Waals surface area contributed by atoms with Gasteiger partial charge in [-0.1, -0.05) is 0 Å². The molecule has 1 spiro atoms. The number of likely N-dealkylation sites (tertiary alicyclic amines) is 1. The average Bonchev–Trinajstić information content (AvgIpc) is 3.20. The summed E-state index contributed by atoms with van der Waals surface area (Å²) in [6, 6.07) is 3.20. The highest BCUT2D eigenvalue weighted by atomic mass is 19.2. The van der Waals surface area contributed by atoms with E-state index in [2.05, 4.69) is 21.8 Å². The van der Waals surface area contributed by atoms with Crippen LogP contribution < -0.4 is 15.5 Å². The number of benzene rings is 1. The Bertz CT molecular complexity index is 973. The third-order valence-corrected chi connectivity index (χ3v) is 5.95. The molecule has 1 aromatic heterocycles. The van der Waals surface area contributed by atoms with E-state index in [1.54, 1.807) is 6.07 Å². The highest BCUT2D eigenvalue weighted by Crippen LogP contribution is 2.43. The highest BCUT2D eigenvalue weighted by Gasteiger charge is 2.43. The number of carboxylic acids is 1. The van der Waals surface area contributed by atoms with Gasteiger partial charge in [0.1, 0.15) is 5.56 Å². The van der Waals surface area contributed by atoms with Gasteiger partial charge in [0.05, 0.1) is 16.9 Å². The smallest absolute Gasteiger partial charge is 0.341 e. The summed E-state index contributed by atoms with van der Waals surface area (Å²) < 4.78 is 14.3. The predicted molar refractivity (Wildman–Crippen MR) is 102 cm³/mol. The number of H-pyrrole nitrogens is 1. The van der Waals surface area contributed by atoms with E-state index >= 15 is 0 Å². The van der Waals surface area contributed by atoms with Crippen molar-refractivity contribution >= 4 is 28.2 Å². The molecule has 2 aliphatic rings. The minimum Gasteiger partial charge on any atom is -0.477 e. The Hall–Kier alpha value is -2.61. The summed E-state index contributed by atoms with van der Waals surface area (Å²) in [6.07, 6.45) is 3.39. The number of carboxylic acid groups (broad SMARTS) is 1. The van der Waals surface area contributed by atoms with Crippen molar-refractivity contribution in [1.29, 1.82) is 0 Å². The molecule has 2 aliphatic heterocycles. The SMILES string of the molecule is CN1CCC2(CCN(c3cc4[nH]cc(C(=O)O)c(=O)c4cc3N(C)F)C2)C1. The molecule has 2 N–H and O–H groups in total. The van der Waals surface area contributed by atoms with Crippen LogP contribution in [0.4, 0.5) is 15.9 Å². The lowest BCUT2D eigenvalue weighted by molar-refractivity contribution is 0.0695. The number of fused-ring (bicyclic) bond motifs is 1. The first-order valence-electron chi connectivity index (χ1n) is 9.05. The summed E-state index contributed by atoms with van der Waals surface area (Å²) in [5.41, 5.74) is 0.779. The van der Waals surface area contributed by atoms with Crippen LogP contribution in [0.3, 0.4) is 0 Å². The lowest BCUT2D eigenvalue weighted by Gasteiger charge is -2.27. The molecule has 2 fully saturated rings. The Morgan fingerprint density at radius 3 is 2.67 bits per heavy atom. The molecule has 0 aliphatic carbocycles. The van der Waals surface area contributed by atoms with Crippen LogP contribution in [0.25, 0.3) is 10.9 Å². The maximum atomic E-state index is 14.3. The van der Waals surface area contributed by atoms with E-state index in [0.717, 1.165) is 44.7 Å². The van der Waals surface area contributed by atoms with Gasteiger partial charge >= 0.3 is 5.97 Å². The van der Waals surface area contributed by atoms with E-state index in [1.807, 2.05) is 0 Å². The molecule has 144 valence electrons. The number of nitrogens with zero attached hydrogens (tertiary/aromatic N) is 3. The van der Waals surface area contributed by atoms with Gasteiger partial charge in [0.15, 0.2) is 0 Å². The number of halogens is 1. The minimum absolute atomic E-state index is 0.174. The molecule has 0 saturated carbocycles. The highest BCUT2D eigenvalue weighted by molar-refractivity contribution is 5.95. The largest absolute Gasteiger partial charge is 0.477 e. The number of aromatic amines is 1. The third-order valence-electron chi connectivity index (χ3n) is 5.95. The lowest BCUT2D eigenvalue weighted by Crippen LogP contribution is -2.30. The number of hydrogen-bond donors (Lipinski definition) is 2. The Kier molecular flexibility index (Phi) is 4.10. The second-order valence-electron chi connectivity index (χ2n) is 7.86. The third kappa shape index (κ3) is 2.93.